The molecule has 4 nitrogen and oxygen atoms in total. The summed E-state index contributed by atoms with van der Waals surface area (Å²) in [6.07, 6.45) is 37.8. The second-order valence-electron chi connectivity index (χ2n) is 9.44. The molecule has 0 aliphatic heterocycles. The van der Waals surface area contributed by atoms with Gasteiger partial charge in [0.1, 0.15) is 0 Å². The lowest BCUT2D eigenvalue weighted by Crippen LogP contribution is -1.98. The summed E-state index contributed by atoms with van der Waals surface area (Å²) in [5.41, 5.74) is 0. The van der Waals surface area contributed by atoms with Crippen LogP contribution in [0.15, 0.2) is 49.1 Å². The Morgan fingerprint density at radius 1 is 0.541 bits per heavy atom. The maximum atomic E-state index is 10.9. The van der Waals surface area contributed by atoms with Gasteiger partial charge in [-0.05, 0) is 64.2 Å². The van der Waals surface area contributed by atoms with E-state index in [0.717, 1.165) is 44.9 Å². The van der Waals surface area contributed by atoms with Crippen molar-refractivity contribution in [3.8, 4) is 0 Å². The third-order valence-corrected chi connectivity index (χ3v) is 6.01. The first-order valence-corrected chi connectivity index (χ1v) is 14.8. The summed E-state index contributed by atoms with van der Waals surface area (Å²) in [6, 6.07) is 0. The predicted molar refractivity (Wildman–Crippen MR) is 160 cm³/mol. The minimum absolute atomic E-state index is 0.0827. The number of allylic oxidation sites excluding steroid dienone is 7. The quantitative estimate of drug-likeness (QED) is 0.0724. The Hall–Kier alpha value is -2.10. The van der Waals surface area contributed by atoms with Crippen LogP contribution in [0.5, 0.6) is 0 Å². The largest absolute Gasteiger partial charge is 0.469 e. The van der Waals surface area contributed by atoms with Gasteiger partial charge in [0.25, 0.3) is 0 Å². The minimum Gasteiger partial charge on any atom is -0.469 e. The van der Waals surface area contributed by atoms with E-state index in [2.05, 4.69) is 59.4 Å². The number of methoxy groups -OCH3 is 2. The molecule has 0 radical (unpaired) electrons. The molecule has 0 atom stereocenters. The molecular formula is C33H58O4. The Labute approximate surface area is 229 Å². The van der Waals surface area contributed by atoms with Crippen molar-refractivity contribution in [2.75, 3.05) is 14.2 Å². The summed E-state index contributed by atoms with van der Waals surface area (Å²) in [5, 5.41) is 0. The summed E-state index contributed by atoms with van der Waals surface area (Å²) >= 11 is 0. The number of esters is 2. The molecule has 0 amide bonds. The smallest absolute Gasteiger partial charge is 0.305 e. The predicted octanol–water partition coefficient (Wildman–Crippen LogP) is 10.00. The maximum absolute atomic E-state index is 10.9. The van der Waals surface area contributed by atoms with E-state index in [1.165, 1.54) is 84.8 Å². The highest BCUT2D eigenvalue weighted by atomic mass is 16.5. The summed E-state index contributed by atoms with van der Waals surface area (Å²) in [4.78, 5) is 21.7. The zero-order valence-corrected chi connectivity index (χ0v) is 24.5. The Bertz CT molecular complexity index is 589. The fourth-order valence-electron chi connectivity index (χ4n) is 3.66. The van der Waals surface area contributed by atoms with Crippen molar-refractivity contribution in [1.29, 1.82) is 0 Å². The molecule has 0 aromatic carbocycles. The SMILES string of the molecule is C=CC/C=C/CCCCCCCC(=O)OC.CCCCC/C=C\C/C=C\CCCCCCCC(=O)OC. The molecule has 0 N–H and O–H groups in total. The molecule has 0 spiro atoms. The van der Waals surface area contributed by atoms with E-state index in [-0.39, 0.29) is 11.9 Å². The number of rotatable bonds is 24. The highest BCUT2D eigenvalue weighted by Gasteiger charge is 1.99. The molecule has 0 fully saturated rings. The first kappa shape index (κ1) is 37.1. The standard InChI is InChI=1S/C19H34O2.C14H24O2/c1-3-4-5-6-7-8-9-10-11-12-13-14-15-16-17-18-19(20)21-2;1-3-4-5-6-7-8-9-10-11-12-13-14(15)16-2/h7-8,10-11H,3-6,9,12-18H2,1-2H3;3,5-6H,1,4,7-13H2,2H3/b8-7-,11-10-;6-5+. The minimum atomic E-state index is -0.0904. The number of hydrogen-bond donors (Lipinski definition) is 0. The second kappa shape index (κ2) is 33.9. The van der Waals surface area contributed by atoms with Crippen molar-refractivity contribution in [1.82, 2.24) is 0 Å². The average Bonchev–Trinajstić information content (AvgIpc) is 2.91. The third kappa shape index (κ3) is 36.1. The Morgan fingerprint density at radius 2 is 0.919 bits per heavy atom. The van der Waals surface area contributed by atoms with Gasteiger partial charge >= 0.3 is 11.9 Å². The molecule has 0 aromatic heterocycles. The van der Waals surface area contributed by atoms with E-state index in [1.807, 2.05) is 6.08 Å². The molecule has 0 heterocycles. The van der Waals surface area contributed by atoms with E-state index >= 15 is 0 Å². The Kier molecular flexibility index (Phi) is 33.9. The normalized spacial score (nSPS) is 11.1. The summed E-state index contributed by atoms with van der Waals surface area (Å²) < 4.78 is 9.19. The third-order valence-electron chi connectivity index (χ3n) is 6.01. The molecule has 0 aromatic rings. The number of ether oxygens (including phenoxy) is 2. The van der Waals surface area contributed by atoms with Crippen LogP contribution in [-0.2, 0) is 19.1 Å². The molecule has 0 bridgehead atoms. The molecule has 0 unspecified atom stereocenters. The van der Waals surface area contributed by atoms with Gasteiger partial charge in [0.15, 0.2) is 0 Å². The molecular weight excluding hydrogens is 460 g/mol. The van der Waals surface area contributed by atoms with E-state index in [9.17, 15) is 9.59 Å². The summed E-state index contributed by atoms with van der Waals surface area (Å²) in [5.74, 6) is -0.173. The zero-order chi connectivity index (χ0) is 27.7. The van der Waals surface area contributed by atoms with Crippen molar-refractivity contribution >= 4 is 11.9 Å². The highest BCUT2D eigenvalue weighted by molar-refractivity contribution is 5.69. The van der Waals surface area contributed by atoms with Gasteiger partial charge in [-0.3, -0.25) is 9.59 Å². The van der Waals surface area contributed by atoms with Gasteiger partial charge in [-0.1, -0.05) is 101 Å². The van der Waals surface area contributed by atoms with Crippen molar-refractivity contribution in [3.05, 3.63) is 49.1 Å². The first-order valence-electron chi connectivity index (χ1n) is 14.8. The van der Waals surface area contributed by atoms with Crippen LogP contribution in [0.1, 0.15) is 135 Å². The van der Waals surface area contributed by atoms with Crippen LogP contribution in [0.4, 0.5) is 0 Å². The monoisotopic (exact) mass is 518 g/mol. The number of hydrogen-bond acceptors (Lipinski definition) is 4. The van der Waals surface area contributed by atoms with Crippen LogP contribution >= 0.6 is 0 Å². The van der Waals surface area contributed by atoms with Crippen molar-refractivity contribution in [3.63, 3.8) is 0 Å². The Morgan fingerprint density at radius 3 is 1.32 bits per heavy atom. The zero-order valence-electron chi connectivity index (χ0n) is 24.5. The topological polar surface area (TPSA) is 52.6 Å². The average molecular weight is 519 g/mol. The van der Waals surface area contributed by atoms with Gasteiger partial charge in [0.2, 0.25) is 0 Å². The van der Waals surface area contributed by atoms with E-state index in [4.69, 9.17) is 0 Å². The van der Waals surface area contributed by atoms with Gasteiger partial charge in [0.05, 0.1) is 14.2 Å². The van der Waals surface area contributed by atoms with Crippen LogP contribution in [0.3, 0.4) is 0 Å². The Balaban J connectivity index is 0. The van der Waals surface area contributed by atoms with Crippen molar-refractivity contribution < 1.29 is 19.1 Å². The van der Waals surface area contributed by atoms with Crippen LogP contribution in [-0.4, -0.2) is 26.2 Å². The highest BCUT2D eigenvalue weighted by Crippen LogP contribution is 2.09. The van der Waals surface area contributed by atoms with Crippen LogP contribution in [0.2, 0.25) is 0 Å². The van der Waals surface area contributed by atoms with Crippen molar-refractivity contribution in [2.24, 2.45) is 0 Å². The first-order chi connectivity index (χ1) is 18.1. The molecule has 0 saturated carbocycles. The van der Waals surface area contributed by atoms with Crippen LogP contribution in [0.25, 0.3) is 0 Å². The molecule has 0 aliphatic carbocycles. The van der Waals surface area contributed by atoms with Gasteiger partial charge < -0.3 is 9.47 Å². The van der Waals surface area contributed by atoms with Gasteiger partial charge in [-0.25, -0.2) is 0 Å². The number of carbonyl (C=O) groups excluding carboxylic acids is 2. The molecule has 0 rings (SSSR count). The molecule has 4 heteroatoms. The number of carbonyl (C=O) groups is 2. The lowest BCUT2D eigenvalue weighted by molar-refractivity contribution is -0.141. The molecule has 214 valence electrons. The van der Waals surface area contributed by atoms with E-state index in [0.29, 0.717) is 12.8 Å². The maximum Gasteiger partial charge on any atom is 0.305 e. The fourth-order valence-corrected chi connectivity index (χ4v) is 3.66. The molecule has 0 aliphatic rings. The number of unbranched alkanes of at least 4 members (excludes halogenated alkanes) is 13. The van der Waals surface area contributed by atoms with Gasteiger partial charge in [0, 0.05) is 12.8 Å². The second-order valence-corrected chi connectivity index (χ2v) is 9.44. The van der Waals surface area contributed by atoms with E-state index < -0.39 is 0 Å². The van der Waals surface area contributed by atoms with Crippen LogP contribution in [0, 0.1) is 0 Å². The summed E-state index contributed by atoms with van der Waals surface area (Å²) in [6.45, 7) is 5.90. The lowest BCUT2D eigenvalue weighted by Gasteiger charge is -1.99. The van der Waals surface area contributed by atoms with Crippen LogP contribution < -0.4 is 0 Å². The fraction of sp³-hybridized carbons (Fsp3) is 0.697. The van der Waals surface area contributed by atoms with E-state index in [1.54, 1.807) is 0 Å². The lowest BCUT2D eigenvalue weighted by atomic mass is 10.1. The molecule has 37 heavy (non-hydrogen) atoms. The molecule has 0 saturated heterocycles. The van der Waals surface area contributed by atoms with Gasteiger partial charge in [-0.2, -0.15) is 0 Å². The van der Waals surface area contributed by atoms with Gasteiger partial charge in [-0.15, -0.1) is 6.58 Å². The van der Waals surface area contributed by atoms with Crippen molar-refractivity contribution in [2.45, 2.75) is 135 Å². The summed E-state index contributed by atoms with van der Waals surface area (Å²) in [7, 11) is 2.90.